The van der Waals surface area contributed by atoms with Gasteiger partial charge in [0.25, 0.3) is 0 Å². The number of nitrogens with two attached hydrogens (primary N) is 1. The van der Waals surface area contributed by atoms with Crippen molar-refractivity contribution in [2.24, 2.45) is 11.7 Å². The summed E-state index contributed by atoms with van der Waals surface area (Å²) < 4.78 is 0. The summed E-state index contributed by atoms with van der Waals surface area (Å²) in [7, 11) is 0. The third-order valence-corrected chi connectivity index (χ3v) is 2.28. The number of likely N-dealkylation sites (tertiary alicyclic amines) is 1. The molecule has 0 radical (unpaired) electrons. The summed E-state index contributed by atoms with van der Waals surface area (Å²) in [5.74, 6) is 0.724. The molecule has 0 aromatic rings. The van der Waals surface area contributed by atoms with Gasteiger partial charge in [-0.15, -0.1) is 0 Å². The largest absolute Gasteiger partial charge is 0.339 e. The Labute approximate surface area is 67.5 Å². The van der Waals surface area contributed by atoms with Crippen molar-refractivity contribution in [3.05, 3.63) is 0 Å². The van der Waals surface area contributed by atoms with Gasteiger partial charge in [0.2, 0.25) is 5.91 Å². The molecular weight excluding hydrogens is 140 g/mol. The van der Waals surface area contributed by atoms with Crippen molar-refractivity contribution < 1.29 is 4.79 Å². The first-order valence-electron chi connectivity index (χ1n) is 4.14. The van der Waals surface area contributed by atoms with Crippen LogP contribution in [0.3, 0.4) is 0 Å². The number of hydrogen-bond acceptors (Lipinski definition) is 2. The summed E-state index contributed by atoms with van der Waals surface area (Å²) in [4.78, 5) is 13.1. The van der Waals surface area contributed by atoms with E-state index in [-0.39, 0.29) is 12.5 Å². The fourth-order valence-corrected chi connectivity index (χ4v) is 1.76. The van der Waals surface area contributed by atoms with E-state index in [9.17, 15) is 4.79 Å². The van der Waals surface area contributed by atoms with E-state index in [1.807, 2.05) is 4.90 Å². The highest BCUT2D eigenvalue weighted by Gasteiger charge is 2.28. The van der Waals surface area contributed by atoms with Gasteiger partial charge < -0.3 is 10.6 Å². The van der Waals surface area contributed by atoms with E-state index >= 15 is 0 Å². The first-order valence-corrected chi connectivity index (χ1v) is 4.14. The molecule has 0 saturated carbocycles. The highest BCUT2D eigenvalue weighted by molar-refractivity contribution is 5.78. The Morgan fingerprint density at radius 3 is 2.64 bits per heavy atom. The lowest BCUT2D eigenvalue weighted by Gasteiger charge is -2.20. The number of rotatable bonds is 1. The quantitative estimate of drug-likeness (QED) is 0.589. The number of carbonyl (C=O) groups is 1. The maximum atomic E-state index is 11.2. The second kappa shape index (κ2) is 3.22. The van der Waals surface area contributed by atoms with Gasteiger partial charge in [-0.3, -0.25) is 4.79 Å². The highest BCUT2D eigenvalue weighted by Crippen LogP contribution is 2.21. The average molecular weight is 156 g/mol. The van der Waals surface area contributed by atoms with Crippen LogP contribution in [0.4, 0.5) is 0 Å². The second-order valence-corrected chi connectivity index (χ2v) is 3.44. The minimum absolute atomic E-state index is 0.0850. The molecule has 2 N–H and O–H groups in total. The maximum absolute atomic E-state index is 11.2. The highest BCUT2D eigenvalue weighted by atomic mass is 16.2. The Morgan fingerprint density at radius 2 is 2.27 bits per heavy atom. The molecule has 1 amide bonds. The van der Waals surface area contributed by atoms with Gasteiger partial charge in [-0.2, -0.15) is 0 Å². The molecular formula is C8H16N2O. The molecule has 1 aliphatic heterocycles. The second-order valence-electron chi connectivity index (χ2n) is 3.44. The molecule has 1 fully saturated rings. The van der Waals surface area contributed by atoms with Gasteiger partial charge in [0.15, 0.2) is 0 Å². The van der Waals surface area contributed by atoms with Crippen molar-refractivity contribution in [2.45, 2.75) is 26.3 Å². The predicted octanol–water partition coefficient (Wildman–Crippen LogP) is 0.202. The fraction of sp³-hybridized carbons (Fsp3) is 0.875. The summed E-state index contributed by atoms with van der Waals surface area (Å²) >= 11 is 0. The Bertz CT molecular complexity index is 158. The van der Waals surface area contributed by atoms with Gasteiger partial charge in [-0.05, 0) is 19.3 Å². The molecule has 0 aromatic heterocycles. The molecule has 1 aliphatic rings. The van der Waals surface area contributed by atoms with E-state index in [0.29, 0.717) is 12.0 Å². The van der Waals surface area contributed by atoms with Crippen LogP contribution >= 0.6 is 0 Å². The van der Waals surface area contributed by atoms with Gasteiger partial charge in [0.1, 0.15) is 0 Å². The Morgan fingerprint density at radius 1 is 1.64 bits per heavy atom. The maximum Gasteiger partial charge on any atom is 0.236 e. The Hall–Kier alpha value is -0.570. The standard InChI is InChI=1S/C8H16N2O/c1-6-3-7(2)10(5-6)8(11)4-9/h6-7H,3-5,9H2,1-2H3/t6-,7+/m0/s1. The summed E-state index contributed by atoms with van der Waals surface area (Å²) in [6.07, 6.45) is 1.12. The molecule has 3 nitrogen and oxygen atoms in total. The normalized spacial score (nSPS) is 31.0. The molecule has 64 valence electrons. The van der Waals surface area contributed by atoms with Crippen molar-refractivity contribution in [3.8, 4) is 0 Å². The number of nitrogens with zero attached hydrogens (tertiary/aromatic N) is 1. The van der Waals surface area contributed by atoms with Crippen LogP contribution in [0.1, 0.15) is 20.3 Å². The monoisotopic (exact) mass is 156 g/mol. The smallest absolute Gasteiger partial charge is 0.236 e. The molecule has 2 atom stereocenters. The van der Waals surface area contributed by atoms with Crippen molar-refractivity contribution in [2.75, 3.05) is 13.1 Å². The zero-order chi connectivity index (χ0) is 8.43. The van der Waals surface area contributed by atoms with Gasteiger partial charge in [-0.1, -0.05) is 6.92 Å². The SMILES string of the molecule is C[C@H]1C[C@@H](C)N(C(=O)CN)C1. The molecule has 11 heavy (non-hydrogen) atoms. The van der Waals surface area contributed by atoms with Crippen LogP contribution < -0.4 is 5.73 Å². The number of hydrogen-bond donors (Lipinski definition) is 1. The van der Waals surface area contributed by atoms with Gasteiger partial charge in [0, 0.05) is 12.6 Å². The van der Waals surface area contributed by atoms with E-state index in [1.165, 1.54) is 0 Å². The molecule has 0 aromatic carbocycles. The van der Waals surface area contributed by atoms with Crippen molar-refractivity contribution >= 4 is 5.91 Å². The van der Waals surface area contributed by atoms with Gasteiger partial charge in [0.05, 0.1) is 6.54 Å². The summed E-state index contributed by atoms with van der Waals surface area (Å²) in [6, 6.07) is 0.390. The first-order chi connectivity index (χ1) is 5.15. The molecule has 1 rings (SSSR count). The summed E-state index contributed by atoms with van der Waals surface area (Å²) in [6.45, 7) is 5.28. The molecule has 0 spiro atoms. The van der Waals surface area contributed by atoms with E-state index in [2.05, 4.69) is 13.8 Å². The minimum atomic E-state index is 0.0850. The number of carbonyl (C=O) groups excluding carboxylic acids is 1. The van der Waals surface area contributed by atoms with E-state index < -0.39 is 0 Å². The third-order valence-electron chi connectivity index (χ3n) is 2.28. The zero-order valence-corrected chi connectivity index (χ0v) is 7.21. The molecule has 0 unspecified atom stereocenters. The Kier molecular flexibility index (Phi) is 2.49. The van der Waals surface area contributed by atoms with Crippen LogP contribution in [-0.4, -0.2) is 29.9 Å². The van der Waals surface area contributed by atoms with Gasteiger partial charge >= 0.3 is 0 Å². The van der Waals surface area contributed by atoms with Crippen molar-refractivity contribution in [3.63, 3.8) is 0 Å². The predicted molar refractivity (Wildman–Crippen MR) is 44.0 cm³/mol. The summed E-state index contributed by atoms with van der Waals surface area (Å²) in [5.41, 5.74) is 5.27. The molecule has 1 heterocycles. The van der Waals surface area contributed by atoms with Crippen LogP contribution in [0.15, 0.2) is 0 Å². The first kappa shape index (κ1) is 8.53. The molecule has 0 bridgehead atoms. The lowest BCUT2D eigenvalue weighted by Crippen LogP contribution is -2.38. The lowest BCUT2D eigenvalue weighted by molar-refractivity contribution is -0.130. The molecule has 1 saturated heterocycles. The van der Waals surface area contributed by atoms with Crippen LogP contribution in [0.25, 0.3) is 0 Å². The van der Waals surface area contributed by atoms with E-state index in [0.717, 1.165) is 13.0 Å². The summed E-state index contributed by atoms with van der Waals surface area (Å²) in [5, 5.41) is 0. The number of amides is 1. The topological polar surface area (TPSA) is 46.3 Å². The zero-order valence-electron chi connectivity index (χ0n) is 7.21. The van der Waals surface area contributed by atoms with Crippen molar-refractivity contribution in [1.29, 1.82) is 0 Å². The van der Waals surface area contributed by atoms with Crippen LogP contribution in [0.2, 0.25) is 0 Å². The minimum Gasteiger partial charge on any atom is -0.339 e. The Balaban J connectivity index is 2.52. The van der Waals surface area contributed by atoms with Crippen molar-refractivity contribution in [1.82, 2.24) is 4.90 Å². The average Bonchev–Trinajstić information content (AvgIpc) is 2.28. The molecule has 3 heteroatoms. The fourth-order valence-electron chi connectivity index (χ4n) is 1.76. The third kappa shape index (κ3) is 1.71. The van der Waals surface area contributed by atoms with E-state index in [4.69, 9.17) is 5.73 Å². The molecule has 0 aliphatic carbocycles. The van der Waals surface area contributed by atoms with Crippen LogP contribution in [-0.2, 0) is 4.79 Å². The van der Waals surface area contributed by atoms with E-state index in [1.54, 1.807) is 0 Å². The van der Waals surface area contributed by atoms with Crippen LogP contribution in [0, 0.1) is 5.92 Å². The van der Waals surface area contributed by atoms with Crippen LogP contribution in [0.5, 0.6) is 0 Å². The van der Waals surface area contributed by atoms with Gasteiger partial charge in [-0.25, -0.2) is 0 Å². The lowest BCUT2D eigenvalue weighted by atomic mass is 10.1.